The van der Waals surface area contributed by atoms with Crippen molar-refractivity contribution in [1.29, 1.82) is 0 Å². The van der Waals surface area contributed by atoms with Crippen LogP contribution in [0.25, 0.3) is 0 Å². The molecule has 0 aliphatic heterocycles. The number of carbonyl (C=O) groups is 1. The first kappa shape index (κ1) is 23.0. The first-order valence-electron chi connectivity index (χ1n) is 9.63. The maximum absolute atomic E-state index is 13.5. The monoisotopic (exact) mass is 456 g/mol. The van der Waals surface area contributed by atoms with E-state index in [0.717, 1.165) is 4.31 Å². The number of nitrogens with zero attached hydrogens (tertiary/aromatic N) is 1. The summed E-state index contributed by atoms with van der Waals surface area (Å²) in [5, 5.41) is 2.71. The SMILES string of the molecule is COc1ccc(N(CC(=O)Nc2ccccc2OC)S(=O)(=O)c2ccccc2)c(OC)c1. The van der Waals surface area contributed by atoms with Crippen LogP contribution >= 0.6 is 0 Å². The highest BCUT2D eigenvalue weighted by Crippen LogP contribution is 2.35. The summed E-state index contributed by atoms with van der Waals surface area (Å²) in [7, 11) is 0.307. The predicted molar refractivity (Wildman–Crippen MR) is 122 cm³/mol. The summed E-state index contributed by atoms with van der Waals surface area (Å²) in [6, 6.07) is 19.4. The minimum atomic E-state index is -4.09. The Morgan fingerprint density at radius 1 is 0.844 bits per heavy atom. The lowest BCUT2D eigenvalue weighted by atomic mass is 10.2. The number of methoxy groups -OCH3 is 3. The lowest BCUT2D eigenvalue weighted by Gasteiger charge is -2.26. The molecule has 0 saturated carbocycles. The molecule has 0 aliphatic rings. The van der Waals surface area contributed by atoms with Gasteiger partial charge in [-0.1, -0.05) is 30.3 Å². The number of sulfonamides is 1. The fraction of sp³-hybridized carbons (Fsp3) is 0.174. The fourth-order valence-electron chi connectivity index (χ4n) is 3.08. The second kappa shape index (κ2) is 10.1. The summed E-state index contributed by atoms with van der Waals surface area (Å²) in [5.74, 6) is 0.641. The maximum Gasteiger partial charge on any atom is 0.264 e. The van der Waals surface area contributed by atoms with Crippen LogP contribution in [-0.4, -0.2) is 42.2 Å². The minimum absolute atomic E-state index is 0.0444. The summed E-state index contributed by atoms with van der Waals surface area (Å²) in [5.41, 5.74) is 0.631. The number of ether oxygens (including phenoxy) is 3. The van der Waals surface area contributed by atoms with Crippen molar-refractivity contribution >= 4 is 27.3 Å². The van der Waals surface area contributed by atoms with E-state index in [0.29, 0.717) is 17.2 Å². The Bertz CT molecular complexity index is 1180. The van der Waals surface area contributed by atoms with Crippen molar-refractivity contribution in [3.8, 4) is 17.2 Å². The van der Waals surface area contributed by atoms with Crippen LogP contribution in [0.15, 0.2) is 77.7 Å². The molecule has 8 nitrogen and oxygen atoms in total. The van der Waals surface area contributed by atoms with Gasteiger partial charge in [0.2, 0.25) is 5.91 Å². The number of amides is 1. The van der Waals surface area contributed by atoms with Crippen molar-refractivity contribution in [2.45, 2.75) is 4.90 Å². The van der Waals surface area contributed by atoms with Crippen molar-refractivity contribution in [1.82, 2.24) is 0 Å². The van der Waals surface area contributed by atoms with Crippen LogP contribution in [0.2, 0.25) is 0 Å². The zero-order valence-corrected chi connectivity index (χ0v) is 18.8. The number of hydrogen-bond donors (Lipinski definition) is 1. The van der Waals surface area contributed by atoms with Gasteiger partial charge in [-0.15, -0.1) is 0 Å². The van der Waals surface area contributed by atoms with Gasteiger partial charge in [-0.2, -0.15) is 0 Å². The van der Waals surface area contributed by atoms with Crippen LogP contribution in [0, 0.1) is 0 Å². The van der Waals surface area contributed by atoms with Crippen molar-refractivity contribution < 1.29 is 27.4 Å². The molecule has 0 atom stereocenters. The highest BCUT2D eigenvalue weighted by atomic mass is 32.2. The fourth-order valence-corrected chi connectivity index (χ4v) is 4.53. The first-order chi connectivity index (χ1) is 15.4. The van der Waals surface area contributed by atoms with E-state index >= 15 is 0 Å². The number of benzene rings is 3. The van der Waals surface area contributed by atoms with Crippen LogP contribution < -0.4 is 23.8 Å². The number of para-hydroxylation sites is 2. The van der Waals surface area contributed by atoms with Gasteiger partial charge < -0.3 is 19.5 Å². The third-order valence-corrected chi connectivity index (χ3v) is 6.43. The standard InChI is InChI=1S/C23H24N2O6S/c1-29-17-13-14-20(22(15-17)31-3)25(32(27,28)18-9-5-4-6-10-18)16-23(26)24-19-11-7-8-12-21(19)30-2/h4-15H,16H2,1-3H3,(H,24,26). The average Bonchev–Trinajstić information content (AvgIpc) is 2.83. The number of hydrogen-bond acceptors (Lipinski definition) is 6. The van der Waals surface area contributed by atoms with Crippen LogP contribution in [0.1, 0.15) is 0 Å². The summed E-state index contributed by atoms with van der Waals surface area (Å²) >= 11 is 0. The van der Waals surface area contributed by atoms with Crippen LogP contribution in [0.4, 0.5) is 11.4 Å². The van der Waals surface area contributed by atoms with E-state index in [4.69, 9.17) is 14.2 Å². The normalized spacial score (nSPS) is 10.8. The Morgan fingerprint density at radius 2 is 1.50 bits per heavy atom. The van der Waals surface area contributed by atoms with Crippen molar-refractivity contribution in [3.05, 3.63) is 72.8 Å². The minimum Gasteiger partial charge on any atom is -0.497 e. The molecule has 9 heteroatoms. The topological polar surface area (TPSA) is 94.2 Å². The Kier molecular flexibility index (Phi) is 7.21. The molecule has 0 aliphatic carbocycles. The number of anilines is 2. The lowest BCUT2D eigenvalue weighted by molar-refractivity contribution is -0.114. The molecule has 0 bridgehead atoms. The Labute approximate surface area is 187 Å². The summed E-state index contributed by atoms with van der Waals surface area (Å²) in [4.78, 5) is 13.0. The van der Waals surface area contributed by atoms with E-state index in [1.165, 1.54) is 39.5 Å². The van der Waals surface area contributed by atoms with Gasteiger partial charge in [0.25, 0.3) is 10.0 Å². The molecule has 0 unspecified atom stereocenters. The molecule has 3 aromatic carbocycles. The highest BCUT2D eigenvalue weighted by molar-refractivity contribution is 7.92. The molecule has 0 spiro atoms. The molecule has 0 saturated heterocycles. The number of nitrogens with one attached hydrogen (secondary N) is 1. The molecule has 0 fully saturated rings. The summed E-state index contributed by atoms with van der Waals surface area (Å²) in [6.07, 6.45) is 0. The van der Waals surface area contributed by atoms with Crippen LogP contribution in [-0.2, 0) is 14.8 Å². The Hall–Kier alpha value is -3.72. The lowest BCUT2D eigenvalue weighted by Crippen LogP contribution is -2.38. The van der Waals surface area contributed by atoms with E-state index < -0.39 is 22.5 Å². The van der Waals surface area contributed by atoms with Gasteiger partial charge >= 0.3 is 0 Å². The van der Waals surface area contributed by atoms with Crippen molar-refractivity contribution in [2.24, 2.45) is 0 Å². The van der Waals surface area contributed by atoms with Gasteiger partial charge in [0.05, 0.1) is 37.6 Å². The molecule has 0 heterocycles. The second-order valence-electron chi connectivity index (χ2n) is 6.61. The number of rotatable bonds is 9. The van der Waals surface area contributed by atoms with Gasteiger partial charge in [0.15, 0.2) is 0 Å². The van der Waals surface area contributed by atoms with E-state index in [9.17, 15) is 13.2 Å². The van der Waals surface area contributed by atoms with Crippen LogP contribution in [0.5, 0.6) is 17.2 Å². The van der Waals surface area contributed by atoms with Crippen LogP contribution in [0.3, 0.4) is 0 Å². The third kappa shape index (κ3) is 4.94. The molecular weight excluding hydrogens is 432 g/mol. The average molecular weight is 457 g/mol. The van der Waals surface area contributed by atoms with E-state index in [1.54, 1.807) is 54.6 Å². The zero-order valence-electron chi connectivity index (χ0n) is 17.9. The quantitative estimate of drug-likeness (QED) is 0.529. The predicted octanol–water partition coefficient (Wildman–Crippen LogP) is 3.55. The largest absolute Gasteiger partial charge is 0.497 e. The Balaban J connectivity index is 2.02. The van der Waals surface area contributed by atoms with E-state index in [1.807, 2.05) is 0 Å². The summed E-state index contributed by atoms with van der Waals surface area (Å²) in [6.45, 7) is -0.488. The van der Waals surface area contributed by atoms with Gasteiger partial charge in [-0.3, -0.25) is 9.10 Å². The van der Waals surface area contributed by atoms with Crippen molar-refractivity contribution in [2.75, 3.05) is 37.5 Å². The van der Waals surface area contributed by atoms with E-state index in [-0.39, 0.29) is 16.3 Å². The van der Waals surface area contributed by atoms with Gasteiger partial charge in [-0.05, 0) is 36.4 Å². The van der Waals surface area contributed by atoms with Crippen molar-refractivity contribution in [3.63, 3.8) is 0 Å². The summed E-state index contributed by atoms with van der Waals surface area (Å²) < 4.78 is 43.9. The van der Waals surface area contributed by atoms with Gasteiger partial charge in [-0.25, -0.2) is 8.42 Å². The molecule has 3 aromatic rings. The first-order valence-corrected chi connectivity index (χ1v) is 11.1. The molecule has 32 heavy (non-hydrogen) atoms. The smallest absolute Gasteiger partial charge is 0.264 e. The zero-order chi connectivity index (χ0) is 23.1. The van der Waals surface area contributed by atoms with Gasteiger partial charge in [0.1, 0.15) is 23.8 Å². The molecule has 0 aromatic heterocycles. The molecule has 1 N–H and O–H groups in total. The number of carbonyl (C=O) groups excluding carboxylic acids is 1. The second-order valence-corrected chi connectivity index (χ2v) is 8.47. The van der Waals surface area contributed by atoms with Gasteiger partial charge in [0, 0.05) is 6.07 Å². The molecular formula is C23H24N2O6S. The molecule has 168 valence electrons. The van der Waals surface area contributed by atoms with E-state index in [2.05, 4.69) is 5.32 Å². The maximum atomic E-state index is 13.5. The molecule has 0 radical (unpaired) electrons. The highest BCUT2D eigenvalue weighted by Gasteiger charge is 2.29. The molecule has 1 amide bonds. The Morgan fingerprint density at radius 3 is 2.16 bits per heavy atom. The molecule has 3 rings (SSSR count). The third-order valence-electron chi connectivity index (χ3n) is 4.66.